The van der Waals surface area contributed by atoms with Crippen molar-refractivity contribution in [2.24, 2.45) is 11.8 Å². The summed E-state index contributed by atoms with van der Waals surface area (Å²) in [6, 6.07) is 3.05. The van der Waals surface area contributed by atoms with Crippen LogP contribution in [0.2, 0.25) is 5.02 Å². The van der Waals surface area contributed by atoms with Gasteiger partial charge in [-0.15, -0.1) is 0 Å². The second-order valence-electron chi connectivity index (χ2n) is 5.80. The average molecular weight is 317 g/mol. The van der Waals surface area contributed by atoms with Crippen LogP contribution in [0.1, 0.15) is 25.8 Å². The van der Waals surface area contributed by atoms with Crippen molar-refractivity contribution in [2.75, 3.05) is 18.8 Å². The summed E-state index contributed by atoms with van der Waals surface area (Å²) in [5.74, 6) is 0.919. The molecule has 0 aliphatic carbocycles. The molecule has 6 heteroatoms. The zero-order chi connectivity index (χ0) is 15.1. The fraction of sp³-hybridized carbons (Fsp3) is 0.571. The molecule has 1 atom stereocenters. The second kappa shape index (κ2) is 5.54. The number of anilines is 1. The maximum atomic E-state index is 12.6. The van der Waals surface area contributed by atoms with Gasteiger partial charge in [-0.3, -0.25) is 0 Å². The lowest BCUT2D eigenvalue weighted by atomic mass is 9.96. The number of benzene rings is 1. The molecule has 0 radical (unpaired) electrons. The van der Waals surface area contributed by atoms with Gasteiger partial charge in [0, 0.05) is 13.1 Å². The molecule has 1 saturated heterocycles. The number of aryl methyl sites for hydroxylation is 1. The lowest BCUT2D eigenvalue weighted by Gasteiger charge is -2.19. The number of hydrogen-bond donors (Lipinski definition) is 1. The van der Waals surface area contributed by atoms with Crippen LogP contribution < -0.4 is 5.73 Å². The van der Waals surface area contributed by atoms with E-state index in [-0.39, 0.29) is 4.90 Å². The maximum absolute atomic E-state index is 12.6. The monoisotopic (exact) mass is 316 g/mol. The normalized spacial score (nSPS) is 20.8. The molecule has 1 aromatic rings. The molecule has 0 saturated carbocycles. The zero-order valence-corrected chi connectivity index (χ0v) is 13.6. The molecule has 4 nitrogen and oxygen atoms in total. The third kappa shape index (κ3) is 2.80. The van der Waals surface area contributed by atoms with E-state index in [0.29, 0.717) is 41.2 Å². The molecule has 1 aromatic carbocycles. The summed E-state index contributed by atoms with van der Waals surface area (Å²) in [5.41, 5.74) is 6.77. The number of nitrogens with two attached hydrogens (primary N) is 1. The molecule has 1 fully saturated rings. The van der Waals surface area contributed by atoms with Crippen molar-refractivity contribution < 1.29 is 8.42 Å². The first-order valence-electron chi connectivity index (χ1n) is 6.79. The summed E-state index contributed by atoms with van der Waals surface area (Å²) in [5, 5.41) is 0.422. The number of hydrogen-bond acceptors (Lipinski definition) is 3. The van der Waals surface area contributed by atoms with Crippen molar-refractivity contribution in [3.63, 3.8) is 0 Å². The van der Waals surface area contributed by atoms with Crippen LogP contribution in [0.5, 0.6) is 0 Å². The van der Waals surface area contributed by atoms with Gasteiger partial charge in [0.1, 0.15) is 0 Å². The van der Waals surface area contributed by atoms with Crippen LogP contribution in [0.3, 0.4) is 0 Å². The van der Waals surface area contributed by atoms with Crippen molar-refractivity contribution in [3.8, 4) is 0 Å². The predicted octanol–water partition coefficient (Wildman–Crippen LogP) is 2.90. The summed E-state index contributed by atoms with van der Waals surface area (Å²) >= 11 is 5.99. The van der Waals surface area contributed by atoms with Crippen LogP contribution >= 0.6 is 11.6 Å². The minimum atomic E-state index is -3.47. The molecule has 1 aliphatic heterocycles. The molecule has 20 heavy (non-hydrogen) atoms. The fourth-order valence-electron chi connectivity index (χ4n) is 2.58. The van der Waals surface area contributed by atoms with Crippen LogP contribution in [-0.2, 0) is 10.0 Å². The number of nitrogens with zero attached hydrogens (tertiary/aromatic N) is 1. The van der Waals surface area contributed by atoms with E-state index in [2.05, 4.69) is 13.8 Å². The van der Waals surface area contributed by atoms with Crippen molar-refractivity contribution in [3.05, 3.63) is 22.7 Å². The third-order valence-electron chi connectivity index (χ3n) is 4.02. The van der Waals surface area contributed by atoms with Crippen molar-refractivity contribution >= 4 is 27.3 Å². The Balaban J connectivity index is 2.32. The summed E-state index contributed by atoms with van der Waals surface area (Å²) in [6.07, 6.45) is 0.916. The molecular weight excluding hydrogens is 296 g/mol. The summed E-state index contributed by atoms with van der Waals surface area (Å²) < 4.78 is 26.8. The second-order valence-corrected chi connectivity index (χ2v) is 8.12. The standard InChI is InChI=1S/C14H21ClN2O2S/c1-9(2)11-4-5-17(8-11)20(18,19)12-6-10(3)14(15)13(16)7-12/h6-7,9,11H,4-5,8,16H2,1-3H3. The molecule has 0 aromatic heterocycles. The van der Waals surface area contributed by atoms with Gasteiger partial charge in [-0.1, -0.05) is 25.4 Å². The van der Waals surface area contributed by atoms with Gasteiger partial charge in [0.15, 0.2) is 0 Å². The Bertz CT molecular complexity index is 591. The van der Waals surface area contributed by atoms with E-state index in [0.717, 1.165) is 6.42 Å². The van der Waals surface area contributed by atoms with Crippen LogP contribution in [0.4, 0.5) is 5.69 Å². The van der Waals surface area contributed by atoms with Crippen LogP contribution in [0.15, 0.2) is 17.0 Å². The minimum absolute atomic E-state index is 0.237. The highest BCUT2D eigenvalue weighted by molar-refractivity contribution is 7.89. The Kier molecular flexibility index (Phi) is 4.33. The molecule has 1 unspecified atom stereocenters. The van der Waals surface area contributed by atoms with Gasteiger partial charge in [-0.2, -0.15) is 4.31 Å². The predicted molar refractivity (Wildman–Crippen MR) is 82.3 cm³/mol. The van der Waals surface area contributed by atoms with Crippen LogP contribution in [-0.4, -0.2) is 25.8 Å². The SMILES string of the molecule is Cc1cc(S(=O)(=O)N2CCC(C(C)C)C2)cc(N)c1Cl. The van der Waals surface area contributed by atoms with Gasteiger partial charge < -0.3 is 5.73 Å². The molecule has 112 valence electrons. The smallest absolute Gasteiger partial charge is 0.243 e. The molecule has 2 N–H and O–H groups in total. The maximum Gasteiger partial charge on any atom is 0.243 e. The molecule has 1 aliphatic rings. The molecular formula is C14H21ClN2O2S. The quantitative estimate of drug-likeness (QED) is 0.872. The number of halogens is 1. The highest BCUT2D eigenvalue weighted by Crippen LogP contribution is 2.32. The molecule has 1 heterocycles. The van der Waals surface area contributed by atoms with Gasteiger partial charge in [0.25, 0.3) is 0 Å². The van der Waals surface area contributed by atoms with Gasteiger partial charge in [-0.05, 0) is 42.9 Å². The number of rotatable bonds is 3. The Morgan fingerprint density at radius 3 is 2.55 bits per heavy atom. The first-order valence-corrected chi connectivity index (χ1v) is 8.61. The molecule has 0 amide bonds. The van der Waals surface area contributed by atoms with Crippen molar-refractivity contribution in [2.45, 2.75) is 32.1 Å². The Morgan fingerprint density at radius 2 is 2.05 bits per heavy atom. The third-order valence-corrected chi connectivity index (χ3v) is 6.38. The van der Waals surface area contributed by atoms with E-state index >= 15 is 0 Å². The zero-order valence-electron chi connectivity index (χ0n) is 12.1. The van der Waals surface area contributed by atoms with E-state index in [9.17, 15) is 8.42 Å². The molecule has 0 spiro atoms. The largest absolute Gasteiger partial charge is 0.397 e. The molecule has 0 bridgehead atoms. The van der Waals surface area contributed by atoms with Crippen molar-refractivity contribution in [1.82, 2.24) is 4.31 Å². The van der Waals surface area contributed by atoms with E-state index in [1.165, 1.54) is 6.07 Å². The first-order chi connectivity index (χ1) is 9.23. The lowest BCUT2D eigenvalue weighted by molar-refractivity contribution is 0.388. The summed E-state index contributed by atoms with van der Waals surface area (Å²) in [7, 11) is -3.47. The average Bonchev–Trinajstić information content (AvgIpc) is 2.85. The fourth-order valence-corrected chi connectivity index (χ4v) is 4.32. The van der Waals surface area contributed by atoms with Crippen LogP contribution in [0, 0.1) is 18.8 Å². The van der Waals surface area contributed by atoms with E-state index < -0.39 is 10.0 Å². The number of sulfonamides is 1. The highest BCUT2D eigenvalue weighted by Gasteiger charge is 2.34. The van der Waals surface area contributed by atoms with Crippen molar-refractivity contribution in [1.29, 1.82) is 0 Å². The highest BCUT2D eigenvalue weighted by atomic mass is 35.5. The van der Waals surface area contributed by atoms with E-state index in [4.69, 9.17) is 17.3 Å². The van der Waals surface area contributed by atoms with Gasteiger partial charge in [0.2, 0.25) is 10.0 Å². The summed E-state index contributed by atoms with van der Waals surface area (Å²) in [4.78, 5) is 0.237. The number of nitrogen functional groups attached to an aromatic ring is 1. The Hall–Kier alpha value is -0.780. The minimum Gasteiger partial charge on any atom is -0.397 e. The van der Waals surface area contributed by atoms with Crippen LogP contribution in [0.25, 0.3) is 0 Å². The summed E-state index contributed by atoms with van der Waals surface area (Å²) in [6.45, 7) is 7.18. The first kappa shape index (κ1) is 15.6. The molecule has 2 rings (SSSR count). The van der Waals surface area contributed by atoms with Gasteiger partial charge in [0.05, 0.1) is 15.6 Å². The van der Waals surface area contributed by atoms with E-state index in [1.54, 1.807) is 17.3 Å². The Labute approximate surface area is 126 Å². The lowest BCUT2D eigenvalue weighted by Crippen LogP contribution is -2.29. The van der Waals surface area contributed by atoms with Gasteiger partial charge in [-0.25, -0.2) is 8.42 Å². The van der Waals surface area contributed by atoms with Gasteiger partial charge >= 0.3 is 0 Å². The van der Waals surface area contributed by atoms with E-state index in [1.807, 2.05) is 0 Å². The topological polar surface area (TPSA) is 63.4 Å². The Morgan fingerprint density at radius 1 is 1.40 bits per heavy atom.